The van der Waals surface area contributed by atoms with Crippen molar-refractivity contribution < 1.29 is 4.74 Å². The minimum Gasteiger partial charge on any atom is -0.489 e. The summed E-state index contributed by atoms with van der Waals surface area (Å²) in [5.74, 6) is 0.957. The molecule has 1 aromatic carbocycles. The van der Waals surface area contributed by atoms with Gasteiger partial charge in [-0.1, -0.05) is 26.0 Å². The van der Waals surface area contributed by atoms with Crippen molar-refractivity contribution in [1.29, 1.82) is 0 Å². The Labute approximate surface area is 99.0 Å². The topological polar surface area (TPSA) is 21.3 Å². The highest BCUT2D eigenvalue weighted by atomic mass is 16.5. The summed E-state index contributed by atoms with van der Waals surface area (Å²) in [5.41, 5.74) is 1.35. The Bertz CT molecular complexity index is 290. The molecule has 1 aromatic rings. The van der Waals surface area contributed by atoms with Crippen LogP contribution in [0.2, 0.25) is 0 Å². The van der Waals surface area contributed by atoms with Gasteiger partial charge in [0.1, 0.15) is 11.9 Å². The third-order valence-corrected chi connectivity index (χ3v) is 3.03. The van der Waals surface area contributed by atoms with Gasteiger partial charge < -0.3 is 10.1 Å². The summed E-state index contributed by atoms with van der Waals surface area (Å²) in [5, 5.41) is 3.27. The van der Waals surface area contributed by atoms with E-state index in [1.807, 2.05) is 7.05 Å². The molecule has 0 aliphatic rings. The van der Waals surface area contributed by atoms with Crippen LogP contribution >= 0.6 is 0 Å². The molecular weight excluding hydrogens is 198 g/mol. The molecule has 0 saturated carbocycles. The normalized spacial score (nSPS) is 14.5. The number of nitrogens with one attached hydrogen (secondary N) is 1. The molecule has 0 aliphatic heterocycles. The van der Waals surface area contributed by atoms with Crippen LogP contribution in [0.25, 0.3) is 0 Å². The molecule has 1 N–H and O–H groups in total. The second-order valence-electron chi connectivity index (χ2n) is 4.12. The van der Waals surface area contributed by atoms with Crippen molar-refractivity contribution in [2.75, 3.05) is 7.05 Å². The molecule has 2 nitrogen and oxygen atoms in total. The van der Waals surface area contributed by atoms with E-state index in [2.05, 4.69) is 50.4 Å². The molecule has 0 aromatic heterocycles. The summed E-state index contributed by atoms with van der Waals surface area (Å²) in [6, 6.07) is 8.77. The molecule has 0 bridgehead atoms. The summed E-state index contributed by atoms with van der Waals surface area (Å²) in [7, 11) is 1.98. The van der Waals surface area contributed by atoms with Crippen LogP contribution in [0.4, 0.5) is 0 Å². The minimum atomic E-state index is 0.197. The Balaban J connectivity index is 2.58. The second-order valence-corrected chi connectivity index (χ2v) is 4.12. The van der Waals surface area contributed by atoms with Crippen molar-refractivity contribution in [3.63, 3.8) is 0 Å². The van der Waals surface area contributed by atoms with E-state index in [1.165, 1.54) is 5.56 Å². The first-order chi connectivity index (χ1) is 7.71. The Hall–Kier alpha value is -1.02. The maximum Gasteiger partial charge on any atom is 0.119 e. The van der Waals surface area contributed by atoms with Gasteiger partial charge >= 0.3 is 0 Å². The van der Waals surface area contributed by atoms with Gasteiger partial charge in [-0.15, -0.1) is 0 Å². The number of aryl methyl sites for hydroxylation is 1. The Morgan fingerprint density at radius 1 is 1.19 bits per heavy atom. The maximum absolute atomic E-state index is 5.90. The zero-order valence-electron chi connectivity index (χ0n) is 10.8. The molecule has 0 heterocycles. The van der Waals surface area contributed by atoms with Crippen LogP contribution in [0.15, 0.2) is 24.3 Å². The van der Waals surface area contributed by atoms with Crippen molar-refractivity contribution in [2.24, 2.45) is 0 Å². The summed E-state index contributed by atoms with van der Waals surface area (Å²) in [4.78, 5) is 0. The van der Waals surface area contributed by atoms with Crippen molar-refractivity contribution in [3.05, 3.63) is 29.8 Å². The van der Waals surface area contributed by atoms with Gasteiger partial charge in [0.25, 0.3) is 0 Å². The van der Waals surface area contributed by atoms with Gasteiger partial charge in [-0.25, -0.2) is 0 Å². The van der Waals surface area contributed by atoms with E-state index in [1.54, 1.807) is 0 Å². The van der Waals surface area contributed by atoms with Gasteiger partial charge in [0, 0.05) is 6.04 Å². The first kappa shape index (κ1) is 13.0. The standard InChI is InChI=1S/C14H23NO/c1-5-12-7-9-13(10-8-12)16-11(3)14(6-2)15-4/h7-11,14-15H,5-6H2,1-4H3. The van der Waals surface area contributed by atoms with Gasteiger partial charge in [-0.3, -0.25) is 0 Å². The zero-order valence-corrected chi connectivity index (χ0v) is 10.8. The van der Waals surface area contributed by atoms with E-state index >= 15 is 0 Å². The molecule has 0 radical (unpaired) electrons. The average molecular weight is 221 g/mol. The highest BCUT2D eigenvalue weighted by Gasteiger charge is 2.14. The van der Waals surface area contributed by atoms with E-state index in [4.69, 9.17) is 4.74 Å². The van der Waals surface area contributed by atoms with E-state index in [0.717, 1.165) is 18.6 Å². The fourth-order valence-corrected chi connectivity index (χ4v) is 1.87. The highest BCUT2D eigenvalue weighted by molar-refractivity contribution is 5.27. The SMILES string of the molecule is CCc1ccc(OC(C)C(CC)NC)cc1. The third kappa shape index (κ3) is 3.53. The van der Waals surface area contributed by atoms with Gasteiger partial charge in [-0.05, 0) is 44.5 Å². The second kappa shape index (κ2) is 6.54. The van der Waals surface area contributed by atoms with E-state index in [9.17, 15) is 0 Å². The predicted octanol–water partition coefficient (Wildman–Crippen LogP) is 3.01. The molecule has 90 valence electrons. The van der Waals surface area contributed by atoms with Crippen LogP contribution in [0.1, 0.15) is 32.8 Å². The molecule has 2 unspecified atom stereocenters. The fraction of sp³-hybridized carbons (Fsp3) is 0.571. The lowest BCUT2D eigenvalue weighted by Crippen LogP contribution is -2.38. The maximum atomic E-state index is 5.90. The molecular formula is C14H23NO. The van der Waals surface area contributed by atoms with Crippen LogP contribution in [0.5, 0.6) is 5.75 Å². The average Bonchev–Trinajstić information content (AvgIpc) is 2.31. The number of likely N-dealkylation sites (N-methyl/N-ethyl adjacent to an activating group) is 1. The quantitative estimate of drug-likeness (QED) is 0.797. The fourth-order valence-electron chi connectivity index (χ4n) is 1.87. The Morgan fingerprint density at radius 2 is 1.81 bits per heavy atom. The number of hydrogen-bond acceptors (Lipinski definition) is 2. The molecule has 1 rings (SSSR count). The number of rotatable bonds is 6. The van der Waals surface area contributed by atoms with Crippen LogP contribution in [0, 0.1) is 0 Å². The summed E-state index contributed by atoms with van der Waals surface area (Å²) in [6.45, 7) is 6.44. The molecule has 16 heavy (non-hydrogen) atoms. The first-order valence-electron chi connectivity index (χ1n) is 6.14. The smallest absolute Gasteiger partial charge is 0.119 e. The Morgan fingerprint density at radius 3 is 2.25 bits per heavy atom. The van der Waals surface area contributed by atoms with Crippen molar-refractivity contribution >= 4 is 0 Å². The van der Waals surface area contributed by atoms with Gasteiger partial charge in [0.2, 0.25) is 0 Å². The van der Waals surface area contributed by atoms with Crippen LogP contribution in [-0.4, -0.2) is 19.2 Å². The lowest BCUT2D eigenvalue weighted by molar-refractivity contribution is 0.172. The molecule has 2 heteroatoms. The van der Waals surface area contributed by atoms with E-state index in [-0.39, 0.29) is 6.10 Å². The molecule has 0 amide bonds. The minimum absolute atomic E-state index is 0.197. The van der Waals surface area contributed by atoms with Crippen LogP contribution in [0.3, 0.4) is 0 Å². The number of ether oxygens (including phenoxy) is 1. The molecule has 0 aliphatic carbocycles. The van der Waals surface area contributed by atoms with Gasteiger partial charge in [0.05, 0.1) is 0 Å². The number of benzene rings is 1. The zero-order chi connectivity index (χ0) is 12.0. The highest BCUT2D eigenvalue weighted by Crippen LogP contribution is 2.15. The Kier molecular flexibility index (Phi) is 5.33. The van der Waals surface area contributed by atoms with E-state index in [0.29, 0.717) is 6.04 Å². The monoisotopic (exact) mass is 221 g/mol. The number of hydrogen-bond donors (Lipinski definition) is 1. The third-order valence-electron chi connectivity index (χ3n) is 3.03. The molecule has 0 spiro atoms. The van der Waals surface area contributed by atoms with Crippen LogP contribution < -0.4 is 10.1 Å². The summed E-state index contributed by atoms with van der Waals surface area (Å²) in [6.07, 6.45) is 2.34. The van der Waals surface area contributed by atoms with Crippen molar-refractivity contribution in [1.82, 2.24) is 5.32 Å². The van der Waals surface area contributed by atoms with E-state index < -0.39 is 0 Å². The lowest BCUT2D eigenvalue weighted by atomic mass is 10.1. The first-order valence-corrected chi connectivity index (χ1v) is 6.14. The summed E-state index contributed by atoms with van der Waals surface area (Å²) >= 11 is 0. The molecule has 0 saturated heterocycles. The van der Waals surface area contributed by atoms with Gasteiger partial charge in [-0.2, -0.15) is 0 Å². The van der Waals surface area contributed by atoms with Crippen molar-refractivity contribution in [2.45, 2.75) is 45.8 Å². The molecule has 0 fully saturated rings. The van der Waals surface area contributed by atoms with Crippen molar-refractivity contribution in [3.8, 4) is 5.75 Å². The molecule has 2 atom stereocenters. The lowest BCUT2D eigenvalue weighted by Gasteiger charge is -2.23. The largest absolute Gasteiger partial charge is 0.489 e. The van der Waals surface area contributed by atoms with Gasteiger partial charge in [0.15, 0.2) is 0 Å². The summed E-state index contributed by atoms with van der Waals surface area (Å²) < 4.78 is 5.90. The van der Waals surface area contributed by atoms with Crippen LogP contribution in [-0.2, 0) is 6.42 Å². The predicted molar refractivity (Wildman–Crippen MR) is 69.0 cm³/mol.